The maximum atomic E-state index is 13.4. The highest BCUT2D eigenvalue weighted by molar-refractivity contribution is 7.83. The zero-order chi connectivity index (χ0) is 19.6. The van der Waals surface area contributed by atoms with Crippen molar-refractivity contribution in [3.05, 3.63) is 41.7 Å². The molecule has 1 aliphatic rings. The molecule has 6 nitrogen and oxygen atoms in total. The number of nitrogens with zero attached hydrogens (tertiary/aromatic N) is 1. The van der Waals surface area contributed by atoms with E-state index in [2.05, 4.69) is 10.0 Å². The Kier molecular flexibility index (Phi) is 5.91. The molecule has 3 rings (SSSR count). The van der Waals surface area contributed by atoms with Crippen molar-refractivity contribution in [2.24, 2.45) is 7.05 Å². The number of hydrogen-bond donors (Lipinski definition) is 2. The zero-order valence-corrected chi connectivity index (χ0v) is 15.9. The standard InChI is InChI=1S/C18H21F2N3O3S/c1-23-10-15(27(25)22-11-5-3-4-6-11)17(26-2)16(23)18(24)21-12-7-8-13(19)14(20)9-12/h7-11,22H,3-6H2,1-2H3,(H,21,24). The lowest BCUT2D eigenvalue weighted by molar-refractivity contribution is 0.101. The van der Waals surface area contributed by atoms with Crippen molar-refractivity contribution in [3.8, 4) is 5.75 Å². The van der Waals surface area contributed by atoms with Crippen LogP contribution < -0.4 is 14.8 Å². The number of carbonyl (C=O) groups excluding carboxylic acids is 1. The molecule has 0 aliphatic heterocycles. The second kappa shape index (κ2) is 8.18. The van der Waals surface area contributed by atoms with E-state index in [-0.39, 0.29) is 23.2 Å². The largest absolute Gasteiger partial charge is 0.493 e. The van der Waals surface area contributed by atoms with Crippen LogP contribution >= 0.6 is 0 Å². The zero-order valence-electron chi connectivity index (χ0n) is 15.1. The SMILES string of the molecule is COc1c(S(=O)NC2CCCC2)cn(C)c1C(=O)Nc1ccc(F)c(F)c1. The van der Waals surface area contributed by atoms with Crippen molar-refractivity contribution in [1.82, 2.24) is 9.29 Å². The molecular formula is C18H21F2N3O3S. The van der Waals surface area contributed by atoms with Crippen molar-refractivity contribution in [3.63, 3.8) is 0 Å². The quantitative estimate of drug-likeness (QED) is 0.787. The van der Waals surface area contributed by atoms with Crippen molar-refractivity contribution in [2.45, 2.75) is 36.6 Å². The fourth-order valence-electron chi connectivity index (χ4n) is 3.19. The predicted octanol–water partition coefficient (Wildman–Crippen LogP) is 3.12. The number of hydrogen-bond acceptors (Lipinski definition) is 3. The molecule has 0 saturated heterocycles. The Balaban J connectivity index is 1.83. The Labute approximate surface area is 158 Å². The van der Waals surface area contributed by atoms with E-state index in [4.69, 9.17) is 4.74 Å². The summed E-state index contributed by atoms with van der Waals surface area (Å²) in [5.41, 5.74) is 0.243. The highest BCUT2D eigenvalue weighted by Gasteiger charge is 2.27. The second-order valence-electron chi connectivity index (χ2n) is 6.44. The number of benzene rings is 1. The molecule has 1 fully saturated rings. The van der Waals surface area contributed by atoms with Gasteiger partial charge in [0, 0.05) is 31.0 Å². The van der Waals surface area contributed by atoms with Crippen LogP contribution in [0.15, 0.2) is 29.3 Å². The molecule has 1 aliphatic carbocycles. The molecule has 1 amide bonds. The summed E-state index contributed by atoms with van der Waals surface area (Å²) in [5.74, 6) is -2.46. The Morgan fingerprint density at radius 3 is 2.59 bits per heavy atom. The number of methoxy groups -OCH3 is 1. The highest BCUT2D eigenvalue weighted by atomic mass is 32.2. The number of aromatic nitrogens is 1. The summed E-state index contributed by atoms with van der Waals surface area (Å²) < 4.78 is 49.0. The molecule has 1 unspecified atom stereocenters. The fourth-order valence-corrected chi connectivity index (χ4v) is 4.46. The van der Waals surface area contributed by atoms with Crippen LogP contribution in [-0.4, -0.2) is 27.8 Å². The van der Waals surface area contributed by atoms with Gasteiger partial charge < -0.3 is 14.6 Å². The minimum atomic E-state index is -1.53. The number of anilines is 1. The van der Waals surface area contributed by atoms with Gasteiger partial charge in [-0.3, -0.25) is 4.79 Å². The normalized spacial score (nSPS) is 15.7. The Hall–Kier alpha value is -2.26. The summed E-state index contributed by atoms with van der Waals surface area (Å²) in [7, 11) is 1.48. The molecular weight excluding hydrogens is 376 g/mol. The number of nitrogens with one attached hydrogen (secondary N) is 2. The van der Waals surface area contributed by atoms with Gasteiger partial charge in [-0.2, -0.15) is 0 Å². The molecule has 0 radical (unpaired) electrons. The van der Waals surface area contributed by atoms with Crippen LogP contribution in [-0.2, 0) is 18.0 Å². The number of halogens is 2. The molecule has 1 atom stereocenters. The molecule has 1 saturated carbocycles. The Bertz CT molecular complexity index is 879. The van der Waals surface area contributed by atoms with Gasteiger partial charge in [0.1, 0.15) is 15.9 Å². The molecule has 2 N–H and O–H groups in total. The summed E-state index contributed by atoms with van der Waals surface area (Å²) in [6.45, 7) is 0. The van der Waals surface area contributed by atoms with E-state index in [1.807, 2.05) is 0 Å². The van der Waals surface area contributed by atoms with Crippen LogP contribution in [0.2, 0.25) is 0 Å². The smallest absolute Gasteiger partial charge is 0.276 e. The Morgan fingerprint density at radius 2 is 1.96 bits per heavy atom. The molecule has 0 spiro atoms. The lowest BCUT2D eigenvalue weighted by Gasteiger charge is -2.12. The average Bonchev–Trinajstić information content (AvgIpc) is 3.25. The predicted molar refractivity (Wildman–Crippen MR) is 98.1 cm³/mol. The first-order chi connectivity index (χ1) is 12.9. The third kappa shape index (κ3) is 4.19. The maximum Gasteiger partial charge on any atom is 0.276 e. The molecule has 1 aromatic carbocycles. The molecule has 1 heterocycles. The minimum absolute atomic E-state index is 0.105. The minimum Gasteiger partial charge on any atom is -0.493 e. The molecule has 0 bridgehead atoms. The summed E-state index contributed by atoms with van der Waals surface area (Å²) in [6, 6.07) is 3.25. The Morgan fingerprint density at radius 1 is 1.26 bits per heavy atom. The van der Waals surface area contributed by atoms with Gasteiger partial charge in [-0.05, 0) is 25.0 Å². The summed E-state index contributed by atoms with van der Waals surface area (Å²) in [4.78, 5) is 13.0. The van der Waals surface area contributed by atoms with Gasteiger partial charge in [-0.1, -0.05) is 12.8 Å². The van der Waals surface area contributed by atoms with Crippen molar-refractivity contribution >= 4 is 22.6 Å². The van der Waals surface area contributed by atoms with Gasteiger partial charge >= 0.3 is 0 Å². The number of carbonyl (C=O) groups is 1. The maximum absolute atomic E-state index is 13.4. The van der Waals surface area contributed by atoms with Gasteiger partial charge in [-0.15, -0.1) is 0 Å². The van der Waals surface area contributed by atoms with Gasteiger partial charge in [0.2, 0.25) is 0 Å². The van der Waals surface area contributed by atoms with Crippen LogP contribution in [0.25, 0.3) is 0 Å². The molecule has 27 heavy (non-hydrogen) atoms. The number of aryl methyl sites for hydroxylation is 1. The van der Waals surface area contributed by atoms with E-state index in [1.165, 1.54) is 17.7 Å². The number of ether oxygens (including phenoxy) is 1. The van der Waals surface area contributed by atoms with E-state index >= 15 is 0 Å². The lowest BCUT2D eigenvalue weighted by Crippen LogP contribution is -2.28. The summed E-state index contributed by atoms with van der Waals surface area (Å²) >= 11 is 0. The molecule has 2 aromatic rings. The van der Waals surface area contributed by atoms with Gasteiger partial charge in [0.15, 0.2) is 23.1 Å². The second-order valence-corrected chi connectivity index (χ2v) is 7.65. The van der Waals surface area contributed by atoms with E-state index in [0.29, 0.717) is 4.90 Å². The van der Waals surface area contributed by atoms with Crippen LogP contribution in [0.1, 0.15) is 36.2 Å². The van der Waals surface area contributed by atoms with Crippen molar-refractivity contribution < 1.29 is 22.5 Å². The topological polar surface area (TPSA) is 72.4 Å². The molecule has 1 aromatic heterocycles. The van der Waals surface area contributed by atoms with E-state index in [0.717, 1.165) is 37.8 Å². The third-order valence-corrected chi connectivity index (χ3v) is 5.77. The number of rotatable bonds is 6. The van der Waals surface area contributed by atoms with Gasteiger partial charge in [0.25, 0.3) is 5.91 Å². The first-order valence-corrected chi connectivity index (χ1v) is 9.73. The van der Waals surface area contributed by atoms with Crippen LogP contribution in [0.5, 0.6) is 5.75 Å². The lowest BCUT2D eigenvalue weighted by atomic mass is 10.3. The number of amides is 1. The monoisotopic (exact) mass is 397 g/mol. The van der Waals surface area contributed by atoms with E-state index < -0.39 is 28.5 Å². The first kappa shape index (κ1) is 19.5. The summed E-state index contributed by atoms with van der Waals surface area (Å²) in [6.07, 6.45) is 5.69. The average molecular weight is 397 g/mol. The van der Waals surface area contributed by atoms with Gasteiger partial charge in [0.05, 0.1) is 7.11 Å². The molecule has 9 heteroatoms. The van der Waals surface area contributed by atoms with Crippen molar-refractivity contribution in [1.29, 1.82) is 0 Å². The molecule has 146 valence electrons. The van der Waals surface area contributed by atoms with Crippen molar-refractivity contribution in [2.75, 3.05) is 12.4 Å². The van der Waals surface area contributed by atoms with Crippen LogP contribution in [0.3, 0.4) is 0 Å². The first-order valence-electron chi connectivity index (χ1n) is 8.58. The van der Waals surface area contributed by atoms with E-state index in [1.54, 1.807) is 13.2 Å². The van der Waals surface area contributed by atoms with E-state index in [9.17, 15) is 17.8 Å². The van der Waals surface area contributed by atoms with Crippen LogP contribution in [0.4, 0.5) is 14.5 Å². The third-order valence-electron chi connectivity index (χ3n) is 4.53. The summed E-state index contributed by atoms with van der Waals surface area (Å²) in [5, 5.41) is 2.50. The van der Waals surface area contributed by atoms with Crippen LogP contribution in [0, 0.1) is 11.6 Å². The highest BCUT2D eigenvalue weighted by Crippen LogP contribution is 2.30. The fraction of sp³-hybridized carbons (Fsp3) is 0.389. The van der Waals surface area contributed by atoms with Gasteiger partial charge in [-0.25, -0.2) is 17.7 Å².